The topological polar surface area (TPSA) is 50.1 Å². The van der Waals surface area contributed by atoms with Crippen molar-refractivity contribution in [2.45, 2.75) is 0 Å². The van der Waals surface area contributed by atoms with Crippen LogP contribution in [0.5, 0.6) is 0 Å². The quantitative estimate of drug-likeness (QED) is 0.726. The SMILES string of the molecule is COC(=O)c1cc(Br)c(F)c(C#N)c1. The minimum absolute atomic E-state index is 0.0666. The lowest BCUT2D eigenvalue weighted by Crippen LogP contribution is -2.02. The molecule has 0 spiro atoms. The molecular formula is C9H5BrFNO2. The fourth-order valence-corrected chi connectivity index (χ4v) is 1.37. The standard InChI is InChI=1S/C9H5BrFNO2/c1-14-9(13)5-2-6(4-12)8(11)7(10)3-5/h2-3H,1H3. The van der Waals surface area contributed by atoms with E-state index in [1.807, 2.05) is 0 Å². The van der Waals surface area contributed by atoms with Crippen LogP contribution in [0.2, 0.25) is 0 Å². The van der Waals surface area contributed by atoms with Crippen LogP contribution in [0.15, 0.2) is 16.6 Å². The maximum Gasteiger partial charge on any atom is 0.337 e. The summed E-state index contributed by atoms with van der Waals surface area (Å²) in [6, 6.07) is 4.05. The van der Waals surface area contributed by atoms with E-state index >= 15 is 0 Å². The molecule has 0 saturated carbocycles. The minimum atomic E-state index is -0.680. The van der Waals surface area contributed by atoms with Gasteiger partial charge in [-0.05, 0) is 28.1 Å². The van der Waals surface area contributed by atoms with Crippen LogP contribution in [0.25, 0.3) is 0 Å². The number of ether oxygens (including phenoxy) is 1. The molecule has 0 aliphatic rings. The molecule has 0 unspecified atom stereocenters. The first kappa shape index (κ1) is 10.7. The third-order valence-corrected chi connectivity index (χ3v) is 2.15. The van der Waals surface area contributed by atoms with Crippen LogP contribution < -0.4 is 0 Å². The zero-order chi connectivity index (χ0) is 10.7. The Morgan fingerprint density at radius 3 is 2.79 bits per heavy atom. The van der Waals surface area contributed by atoms with Gasteiger partial charge in [0, 0.05) is 0 Å². The summed E-state index contributed by atoms with van der Waals surface area (Å²) in [5, 5.41) is 8.56. The molecule has 72 valence electrons. The van der Waals surface area contributed by atoms with Crippen LogP contribution in [-0.4, -0.2) is 13.1 Å². The van der Waals surface area contributed by atoms with E-state index in [-0.39, 0.29) is 15.6 Å². The molecule has 0 aromatic heterocycles. The molecule has 1 aromatic rings. The van der Waals surface area contributed by atoms with Crippen LogP contribution in [-0.2, 0) is 4.74 Å². The van der Waals surface area contributed by atoms with Gasteiger partial charge in [-0.15, -0.1) is 0 Å². The third-order valence-electron chi connectivity index (χ3n) is 1.57. The molecule has 0 heterocycles. The zero-order valence-electron chi connectivity index (χ0n) is 7.17. The number of benzene rings is 1. The lowest BCUT2D eigenvalue weighted by atomic mass is 10.1. The van der Waals surface area contributed by atoms with Gasteiger partial charge in [0.05, 0.1) is 22.7 Å². The highest BCUT2D eigenvalue weighted by atomic mass is 79.9. The van der Waals surface area contributed by atoms with Crippen LogP contribution in [0.3, 0.4) is 0 Å². The van der Waals surface area contributed by atoms with Crippen LogP contribution in [0.4, 0.5) is 4.39 Å². The Balaban J connectivity index is 3.32. The van der Waals surface area contributed by atoms with E-state index in [9.17, 15) is 9.18 Å². The number of methoxy groups -OCH3 is 1. The monoisotopic (exact) mass is 257 g/mol. The number of rotatable bonds is 1. The molecule has 5 heteroatoms. The van der Waals surface area contributed by atoms with Crippen molar-refractivity contribution < 1.29 is 13.9 Å². The second-order valence-electron chi connectivity index (χ2n) is 2.42. The maximum atomic E-state index is 13.1. The van der Waals surface area contributed by atoms with Gasteiger partial charge in [-0.25, -0.2) is 9.18 Å². The lowest BCUT2D eigenvalue weighted by Gasteiger charge is -2.02. The molecule has 0 aliphatic carbocycles. The van der Waals surface area contributed by atoms with Gasteiger partial charge < -0.3 is 4.74 Å². The maximum absolute atomic E-state index is 13.1. The fraction of sp³-hybridized carbons (Fsp3) is 0.111. The van der Waals surface area contributed by atoms with E-state index in [0.29, 0.717) is 0 Å². The highest BCUT2D eigenvalue weighted by molar-refractivity contribution is 9.10. The predicted molar refractivity (Wildman–Crippen MR) is 50.2 cm³/mol. The summed E-state index contributed by atoms with van der Waals surface area (Å²) in [4.78, 5) is 11.1. The summed E-state index contributed by atoms with van der Waals surface area (Å²) < 4.78 is 17.6. The molecule has 0 bridgehead atoms. The first-order chi connectivity index (χ1) is 6.60. The molecule has 0 radical (unpaired) electrons. The molecule has 0 aliphatic heterocycles. The highest BCUT2D eigenvalue weighted by Crippen LogP contribution is 2.21. The number of hydrogen-bond donors (Lipinski definition) is 0. The van der Waals surface area contributed by atoms with Crippen LogP contribution >= 0.6 is 15.9 Å². The Kier molecular flexibility index (Phi) is 3.20. The highest BCUT2D eigenvalue weighted by Gasteiger charge is 2.13. The number of carbonyl (C=O) groups is 1. The summed E-state index contributed by atoms with van der Waals surface area (Å²) in [5.41, 5.74) is -0.0582. The number of carbonyl (C=O) groups excluding carboxylic acids is 1. The lowest BCUT2D eigenvalue weighted by molar-refractivity contribution is 0.0600. The number of halogens is 2. The number of nitriles is 1. The van der Waals surface area contributed by atoms with E-state index in [1.165, 1.54) is 13.2 Å². The van der Waals surface area contributed by atoms with E-state index in [4.69, 9.17) is 5.26 Å². The van der Waals surface area contributed by atoms with E-state index < -0.39 is 11.8 Å². The molecular weight excluding hydrogens is 253 g/mol. The Morgan fingerprint density at radius 1 is 1.64 bits per heavy atom. The molecule has 14 heavy (non-hydrogen) atoms. The van der Waals surface area contributed by atoms with Gasteiger partial charge in [0.2, 0.25) is 0 Å². The number of esters is 1. The van der Waals surface area contributed by atoms with Gasteiger partial charge in [0.1, 0.15) is 6.07 Å². The van der Waals surface area contributed by atoms with E-state index in [1.54, 1.807) is 6.07 Å². The second-order valence-corrected chi connectivity index (χ2v) is 3.28. The van der Waals surface area contributed by atoms with Crippen molar-refractivity contribution in [1.29, 1.82) is 5.26 Å². The van der Waals surface area contributed by atoms with Crippen LogP contribution in [0.1, 0.15) is 15.9 Å². The van der Waals surface area contributed by atoms with Crippen molar-refractivity contribution in [3.63, 3.8) is 0 Å². The van der Waals surface area contributed by atoms with Crippen molar-refractivity contribution in [3.8, 4) is 6.07 Å². The average Bonchev–Trinajstić information content (AvgIpc) is 2.20. The fourth-order valence-electron chi connectivity index (χ4n) is 0.906. The normalized spacial score (nSPS) is 9.29. The minimum Gasteiger partial charge on any atom is -0.465 e. The summed E-state index contributed by atoms with van der Waals surface area (Å²) in [5.74, 6) is -1.29. The van der Waals surface area contributed by atoms with Gasteiger partial charge in [0.25, 0.3) is 0 Å². The summed E-state index contributed by atoms with van der Waals surface area (Å²) in [6.07, 6.45) is 0. The molecule has 1 rings (SSSR count). The summed E-state index contributed by atoms with van der Waals surface area (Å²) in [7, 11) is 1.21. The largest absolute Gasteiger partial charge is 0.465 e. The molecule has 0 fully saturated rings. The predicted octanol–water partition coefficient (Wildman–Crippen LogP) is 2.25. The number of hydrogen-bond acceptors (Lipinski definition) is 3. The molecule has 0 N–H and O–H groups in total. The van der Waals surface area contributed by atoms with Gasteiger partial charge in [-0.3, -0.25) is 0 Å². The Morgan fingerprint density at radius 2 is 2.29 bits per heavy atom. The molecule has 0 amide bonds. The van der Waals surface area contributed by atoms with Gasteiger partial charge >= 0.3 is 5.97 Å². The van der Waals surface area contributed by atoms with Crippen molar-refractivity contribution >= 4 is 21.9 Å². The first-order valence-corrected chi connectivity index (χ1v) is 4.37. The van der Waals surface area contributed by atoms with E-state index in [0.717, 1.165) is 6.07 Å². The van der Waals surface area contributed by atoms with Crippen molar-refractivity contribution in [2.75, 3.05) is 7.11 Å². The Bertz CT molecular complexity index is 426. The van der Waals surface area contributed by atoms with E-state index in [2.05, 4.69) is 20.7 Å². The third kappa shape index (κ3) is 1.91. The summed E-state index contributed by atoms with van der Waals surface area (Å²) >= 11 is 2.90. The van der Waals surface area contributed by atoms with Crippen molar-refractivity contribution in [3.05, 3.63) is 33.5 Å². The second kappa shape index (κ2) is 4.20. The smallest absolute Gasteiger partial charge is 0.337 e. The molecule has 0 saturated heterocycles. The van der Waals surface area contributed by atoms with Crippen molar-refractivity contribution in [1.82, 2.24) is 0 Å². The first-order valence-electron chi connectivity index (χ1n) is 3.57. The number of nitrogens with zero attached hydrogens (tertiary/aromatic N) is 1. The zero-order valence-corrected chi connectivity index (χ0v) is 8.76. The molecule has 0 atom stereocenters. The average molecular weight is 258 g/mol. The van der Waals surface area contributed by atoms with Gasteiger partial charge in [0.15, 0.2) is 5.82 Å². The van der Waals surface area contributed by atoms with Crippen molar-refractivity contribution in [2.24, 2.45) is 0 Å². The van der Waals surface area contributed by atoms with Gasteiger partial charge in [-0.1, -0.05) is 0 Å². The Labute approximate surface area is 88.2 Å². The van der Waals surface area contributed by atoms with Gasteiger partial charge in [-0.2, -0.15) is 5.26 Å². The molecule has 3 nitrogen and oxygen atoms in total. The van der Waals surface area contributed by atoms with Crippen LogP contribution in [0, 0.1) is 17.1 Å². The molecule has 1 aromatic carbocycles. The Hall–Kier alpha value is -1.41. The summed E-state index contributed by atoms with van der Waals surface area (Å²) in [6.45, 7) is 0.